The van der Waals surface area contributed by atoms with Gasteiger partial charge in [0.05, 0.1) is 7.11 Å². The van der Waals surface area contributed by atoms with E-state index in [9.17, 15) is 4.79 Å². The molecule has 0 spiro atoms. The third-order valence-electron chi connectivity index (χ3n) is 1.65. The first-order valence-electron chi connectivity index (χ1n) is 3.94. The zero-order valence-electron chi connectivity index (χ0n) is 7.66. The molecule has 4 heteroatoms. The van der Waals surface area contributed by atoms with Gasteiger partial charge in [-0.05, 0) is 29.8 Å². The molecule has 0 aliphatic carbocycles. The van der Waals surface area contributed by atoms with Crippen LogP contribution in [0.5, 0.6) is 0 Å². The fourth-order valence-electron chi connectivity index (χ4n) is 0.916. The van der Waals surface area contributed by atoms with Crippen LogP contribution in [-0.2, 0) is 9.53 Å². The van der Waals surface area contributed by atoms with Gasteiger partial charge in [0.25, 0.3) is 0 Å². The van der Waals surface area contributed by atoms with E-state index >= 15 is 0 Å². The molecule has 0 unspecified atom stereocenters. The maximum Gasteiger partial charge on any atom is 0.330 e. The predicted octanol–water partition coefficient (Wildman–Crippen LogP) is 2.22. The van der Waals surface area contributed by atoms with Crippen molar-refractivity contribution in [2.24, 2.45) is 0 Å². The van der Waals surface area contributed by atoms with Gasteiger partial charge in [-0.3, -0.25) is 0 Å². The Kier molecular flexibility index (Phi) is 3.71. The van der Waals surface area contributed by atoms with Gasteiger partial charge in [-0.25, -0.2) is 4.79 Å². The minimum atomic E-state index is -0.399. The highest BCUT2D eigenvalue weighted by Crippen LogP contribution is 2.19. The summed E-state index contributed by atoms with van der Waals surface area (Å²) in [5.74, 6) is -0.399. The lowest BCUT2D eigenvalue weighted by molar-refractivity contribution is -0.134. The van der Waals surface area contributed by atoms with Crippen LogP contribution < -0.4 is 5.73 Å². The Morgan fingerprint density at radius 3 is 2.93 bits per heavy atom. The molecule has 14 heavy (non-hydrogen) atoms. The molecule has 0 aromatic heterocycles. The molecule has 0 radical (unpaired) electrons. The number of halogens is 1. The Bertz CT molecular complexity index is 374. The monoisotopic (exact) mass is 255 g/mol. The average molecular weight is 256 g/mol. The number of esters is 1. The van der Waals surface area contributed by atoms with Crippen molar-refractivity contribution in [2.75, 3.05) is 12.8 Å². The largest absolute Gasteiger partial charge is 0.466 e. The van der Waals surface area contributed by atoms with Crippen molar-refractivity contribution in [3.8, 4) is 0 Å². The number of rotatable bonds is 2. The zero-order chi connectivity index (χ0) is 10.6. The fraction of sp³-hybridized carbons (Fsp3) is 0.100. The Balaban J connectivity index is 2.90. The molecule has 0 saturated carbocycles. The number of carbonyl (C=O) groups excluding carboxylic acids is 1. The third-order valence-corrected chi connectivity index (χ3v) is 2.14. The van der Waals surface area contributed by atoms with Crippen LogP contribution in [0.4, 0.5) is 5.69 Å². The van der Waals surface area contributed by atoms with Gasteiger partial charge in [-0.2, -0.15) is 0 Å². The van der Waals surface area contributed by atoms with Crippen molar-refractivity contribution in [1.82, 2.24) is 0 Å². The van der Waals surface area contributed by atoms with Gasteiger partial charge < -0.3 is 10.5 Å². The normalized spacial score (nSPS) is 10.4. The van der Waals surface area contributed by atoms with E-state index in [-0.39, 0.29) is 0 Å². The van der Waals surface area contributed by atoms with Crippen LogP contribution in [0.25, 0.3) is 6.08 Å². The molecule has 0 heterocycles. The van der Waals surface area contributed by atoms with Gasteiger partial charge in [0, 0.05) is 16.2 Å². The Labute approximate surface area is 90.7 Å². The lowest BCUT2D eigenvalue weighted by atomic mass is 10.2. The molecule has 0 aliphatic rings. The molecule has 3 nitrogen and oxygen atoms in total. The van der Waals surface area contributed by atoms with Gasteiger partial charge in [0.15, 0.2) is 0 Å². The van der Waals surface area contributed by atoms with E-state index in [1.165, 1.54) is 13.2 Å². The lowest BCUT2D eigenvalue weighted by Crippen LogP contribution is -1.94. The number of hydrogen-bond acceptors (Lipinski definition) is 3. The van der Waals surface area contributed by atoms with Gasteiger partial charge in [-0.15, -0.1) is 0 Å². The molecule has 0 saturated heterocycles. The second kappa shape index (κ2) is 4.81. The molecule has 0 amide bonds. The Morgan fingerprint density at radius 2 is 2.29 bits per heavy atom. The quantitative estimate of drug-likeness (QED) is 0.501. The highest BCUT2D eigenvalue weighted by molar-refractivity contribution is 9.10. The maximum atomic E-state index is 10.8. The van der Waals surface area contributed by atoms with E-state index in [0.29, 0.717) is 5.69 Å². The summed E-state index contributed by atoms with van der Waals surface area (Å²) in [7, 11) is 1.33. The second-order valence-electron chi connectivity index (χ2n) is 2.63. The zero-order valence-corrected chi connectivity index (χ0v) is 9.24. The minimum absolute atomic E-state index is 0.399. The lowest BCUT2D eigenvalue weighted by Gasteiger charge is -2.00. The first-order valence-corrected chi connectivity index (χ1v) is 4.74. The molecule has 1 rings (SSSR count). The summed E-state index contributed by atoms with van der Waals surface area (Å²) < 4.78 is 5.38. The number of nitrogen functional groups attached to an aromatic ring is 1. The van der Waals surface area contributed by atoms with Crippen LogP contribution in [-0.4, -0.2) is 13.1 Å². The average Bonchev–Trinajstić information content (AvgIpc) is 2.19. The molecule has 0 bridgehead atoms. The topological polar surface area (TPSA) is 52.3 Å². The highest BCUT2D eigenvalue weighted by atomic mass is 79.9. The van der Waals surface area contributed by atoms with Crippen molar-refractivity contribution in [2.45, 2.75) is 0 Å². The predicted molar refractivity (Wildman–Crippen MR) is 59.6 cm³/mol. The van der Waals surface area contributed by atoms with Crippen molar-refractivity contribution < 1.29 is 9.53 Å². The molecule has 0 aliphatic heterocycles. The summed E-state index contributed by atoms with van der Waals surface area (Å²) in [5, 5.41) is 0. The number of anilines is 1. The number of carbonyl (C=O) groups is 1. The van der Waals surface area contributed by atoms with Crippen LogP contribution in [0.3, 0.4) is 0 Å². The highest BCUT2D eigenvalue weighted by Gasteiger charge is 1.97. The standard InChI is InChI=1S/C10H10BrNO2/c1-14-10(13)5-2-7-6-8(11)3-4-9(7)12/h2-6H,12H2,1H3. The molecule has 0 fully saturated rings. The van der Waals surface area contributed by atoms with E-state index in [4.69, 9.17) is 5.73 Å². The molecule has 1 aromatic carbocycles. The van der Waals surface area contributed by atoms with Crippen LogP contribution in [0, 0.1) is 0 Å². The second-order valence-corrected chi connectivity index (χ2v) is 3.55. The van der Waals surface area contributed by atoms with E-state index < -0.39 is 5.97 Å². The van der Waals surface area contributed by atoms with Crippen LogP contribution in [0.1, 0.15) is 5.56 Å². The summed E-state index contributed by atoms with van der Waals surface area (Å²) in [6.45, 7) is 0. The number of hydrogen-bond donors (Lipinski definition) is 1. The minimum Gasteiger partial charge on any atom is -0.466 e. The van der Waals surface area contributed by atoms with E-state index in [1.807, 2.05) is 12.1 Å². The molecule has 1 aromatic rings. The van der Waals surface area contributed by atoms with Crippen molar-refractivity contribution >= 4 is 33.7 Å². The number of ether oxygens (including phenoxy) is 1. The summed E-state index contributed by atoms with van der Waals surface area (Å²) in [5.41, 5.74) is 7.09. The van der Waals surface area contributed by atoms with Crippen molar-refractivity contribution in [1.29, 1.82) is 0 Å². The third kappa shape index (κ3) is 2.88. The van der Waals surface area contributed by atoms with Crippen LogP contribution in [0.2, 0.25) is 0 Å². The molecule has 74 valence electrons. The smallest absolute Gasteiger partial charge is 0.330 e. The maximum absolute atomic E-state index is 10.8. The van der Waals surface area contributed by atoms with E-state index in [2.05, 4.69) is 20.7 Å². The Morgan fingerprint density at radius 1 is 1.57 bits per heavy atom. The van der Waals surface area contributed by atoms with E-state index in [1.54, 1.807) is 12.1 Å². The first kappa shape index (κ1) is 10.8. The van der Waals surface area contributed by atoms with Gasteiger partial charge in [-0.1, -0.05) is 15.9 Å². The summed E-state index contributed by atoms with van der Waals surface area (Å²) >= 11 is 3.31. The number of methoxy groups -OCH3 is 1. The summed E-state index contributed by atoms with van der Waals surface area (Å²) in [4.78, 5) is 10.8. The molecular formula is C10H10BrNO2. The Hall–Kier alpha value is -1.29. The van der Waals surface area contributed by atoms with Gasteiger partial charge in [0.1, 0.15) is 0 Å². The SMILES string of the molecule is COC(=O)C=Cc1cc(Br)ccc1N. The molecule has 2 N–H and O–H groups in total. The molecular weight excluding hydrogens is 246 g/mol. The number of nitrogens with two attached hydrogens (primary N) is 1. The van der Waals surface area contributed by atoms with E-state index in [0.717, 1.165) is 10.0 Å². The van der Waals surface area contributed by atoms with Crippen LogP contribution >= 0.6 is 15.9 Å². The number of benzene rings is 1. The van der Waals surface area contributed by atoms with Gasteiger partial charge >= 0.3 is 5.97 Å². The first-order chi connectivity index (χ1) is 6.63. The van der Waals surface area contributed by atoms with Crippen LogP contribution in [0.15, 0.2) is 28.7 Å². The summed E-state index contributed by atoms with van der Waals surface area (Å²) in [6.07, 6.45) is 2.95. The van der Waals surface area contributed by atoms with Crippen molar-refractivity contribution in [3.63, 3.8) is 0 Å². The summed E-state index contributed by atoms with van der Waals surface area (Å²) in [6, 6.07) is 5.43. The van der Waals surface area contributed by atoms with Gasteiger partial charge in [0.2, 0.25) is 0 Å². The van der Waals surface area contributed by atoms with Crippen molar-refractivity contribution in [3.05, 3.63) is 34.3 Å². The fourth-order valence-corrected chi connectivity index (χ4v) is 1.29. The molecule has 0 atom stereocenters.